The Balaban J connectivity index is 1.36. The molecule has 0 radical (unpaired) electrons. The van der Waals surface area contributed by atoms with Crippen molar-refractivity contribution in [3.63, 3.8) is 0 Å². The van der Waals surface area contributed by atoms with Gasteiger partial charge in [0, 0.05) is 43.5 Å². The lowest BCUT2D eigenvalue weighted by Crippen LogP contribution is -2.48. The van der Waals surface area contributed by atoms with Crippen molar-refractivity contribution in [3.8, 4) is 0 Å². The normalized spacial score (nSPS) is 18.4. The number of aliphatic imine (C=N–C) groups is 2. The second kappa shape index (κ2) is 7.22. The Morgan fingerprint density at radius 3 is 2.93 bits per heavy atom. The van der Waals surface area contributed by atoms with E-state index in [2.05, 4.69) is 15.3 Å². The topological polar surface area (TPSA) is 96.1 Å². The summed E-state index contributed by atoms with van der Waals surface area (Å²) in [5.74, 6) is -0.950. The van der Waals surface area contributed by atoms with Gasteiger partial charge in [-0.1, -0.05) is 24.3 Å². The SMILES string of the molecule is Cn1cc(CC(=O)NCCN2C(=O)N=C3N=CC=CC3C2=O)c2ccccc21. The van der Waals surface area contributed by atoms with E-state index in [1.54, 1.807) is 12.2 Å². The molecule has 8 heteroatoms. The molecular weight excluding hydrogens is 358 g/mol. The summed E-state index contributed by atoms with van der Waals surface area (Å²) in [6.45, 7) is 0.245. The van der Waals surface area contributed by atoms with E-state index in [0.717, 1.165) is 21.4 Å². The molecule has 1 N–H and O–H groups in total. The third-order valence-corrected chi connectivity index (χ3v) is 4.84. The number of nitrogens with zero attached hydrogens (tertiary/aromatic N) is 4. The second-order valence-corrected chi connectivity index (χ2v) is 6.69. The Morgan fingerprint density at radius 1 is 1.25 bits per heavy atom. The van der Waals surface area contributed by atoms with Crippen LogP contribution in [0.2, 0.25) is 0 Å². The van der Waals surface area contributed by atoms with Crippen LogP contribution in [0.4, 0.5) is 4.79 Å². The number of allylic oxidation sites excluding steroid dienone is 1. The van der Waals surface area contributed by atoms with E-state index >= 15 is 0 Å². The number of hydrogen-bond acceptors (Lipinski definition) is 4. The van der Waals surface area contributed by atoms with Crippen molar-refractivity contribution in [3.05, 3.63) is 48.2 Å². The Labute approximate surface area is 161 Å². The maximum absolute atomic E-state index is 12.5. The molecular formula is C20H19N5O3. The lowest BCUT2D eigenvalue weighted by atomic mass is 10.0. The quantitative estimate of drug-likeness (QED) is 0.854. The van der Waals surface area contributed by atoms with E-state index in [4.69, 9.17) is 0 Å². The molecule has 2 aliphatic heterocycles. The average molecular weight is 377 g/mol. The first-order valence-electron chi connectivity index (χ1n) is 8.99. The highest BCUT2D eigenvalue weighted by Gasteiger charge is 2.36. The fraction of sp³-hybridized carbons (Fsp3) is 0.250. The smallest absolute Gasteiger partial charge is 0.352 e. The van der Waals surface area contributed by atoms with Crippen molar-refractivity contribution in [2.75, 3.05) is 13.1 Å². The third kappa shape index (κ3) is 3.24. The number of nitrogens with one attached hydrogen (secondary N) is 1. The number of amidine groups is 1. The molecule has 0 spiro atoms. The molecule has 0 saturated heterocycles. The minimum atomic E-state index is -0.646. The molecule has 1 aromatic heterocycles. The first-order valence-corrected chi connectivity index (χ1v) is 8.99. The van der Waals surface area contributed by atoms with Gasteiger partial charge in [0.15, 0.2) is 0 Å². The molecule has 1 unspecified atom stereocenters. The molecule has 2 aromatic rings. The standard InChI is InChI=1S/C20H19N5O3/c1-24-12-13(14-5-2-3-7-16(14)24)11-17(26)21-9-10-25-19(27)15-6-4-8-22-18(15)23-20(25)28/h2-8,12,15H,9-11H2,1H3,(H,21,26). The number of carbonyl (C=O) groups excluding carboxylic acids is 3. The van der Waals surface area contributed by atoms with Gasteiger partial charge in [0.25, 0.3) is 0 Å². The van der Waals surface area contributed by atoms with Crippen molar-refractivity contribution in [2.24, 2.45) is 23.0 Å². The number of benzene rings is 1. The van der Waals surface area contributed by atoms with E-state index in [1.807, 2.05) is 42.1 Å². The number of aryl methyl sites for hydroxylation is 1. The molecule has 4 rings (SSSR count). The van der Waals surface area contributed by atoms with Crippen LogP contribution in [0.3, 0.4) is 0 Å². The summed E-state index contributed by atoms with van der Waals surface area (Å²) in [4.78, 5) is 45.8. The zero-order valence-electron chi connectivity index (χ0n) is 15.3. The third-order valence-electron chi connectivity index (χ3n) is 4.84. The van der Waals surface area contributed by atoms with E-state index in [0.29, 0.717) is 0 Å². The number of dihydropyridines is 1. The second-order valence-electron chi connectivity index (χ2n) is 6.69. The van der Waals surface area contributed by atoms with Crippen molar-refractivity contribution < 1.29 is 14.4 Å². The van der Waals surface area contributed by atoms with Gasteiger partial charge in [-0.25, -0.2) is 9.79 Å². The number of imide groups is 1. The molecule has 3 heterocycles. The fourth-order valence-electron chi connectivity index (χ4n) is 3.47. The molecule has 0 saturated carbocycles. The number of para-hydroxylation sites is 1. The summed E-state index contributed by atoms with van der Waals surface area (Å²) in [5, 5.41) is 3.81. The number of hydrogen-bond donors (Lipinski definition) is 1. The minimum Gasteiger partial charge on any atom is -0.354 e. The zero-order valence-corrected chi connectivity index (χ0v) is 15.3. The van der Waals surface area contributed by atoms with Gasteiger partial charge >= 0.3 is 6.03 Å². The largest absolute Gasteiger partial charge is 0.354 e. The van der Waals surface area contributed by atoms with Crippen LogP contribution < -0.4 is 5.32 Å². The maximum atomic E-state index is 12.5. The number of fused-ring (bicyclic) bond motifs is 2. The first kappa shape index (κ1) is 17.8. The Kier molecular flexibility index (Phi) is 4.60. The Bertz CT molecular complexity index is 1060. The van der Waals surface area contributed by atoms with E-state index in [9.17, 15) is 14.4 Å². The van der Waals surface area contributed by atoms with Crippen molar-refractivity contribution >= 4 is 40.8 Å². The Morgan fingerprint density at radius 2 is 2.07 bits per heavy atom. The summed E-state index contributed by atoms with van der Waals surface area (Å²) >= 11 is 0. The molecule has 4 amide bonds. The van der Waals surface area contributed by atoms with Crippen LogP contribution >= 0.6 is 0 Å². The first-order chi connectivity index (χ1) is 13.5. The zero-order chi connectivity index (χ0) is 19.7. The monoisotopic (exact) mass is 377 g/mol. The number of aromatic nitrogens is 1. The lowest BCUT2D eigenvalue weighted by molar-refractivity contribution is -0.130. The van der Waals surface area contributed by atoms with Gasteiger partial charge < -0.3 is 9.88 Å². The van der Waals surface area contributed by atoms with Gasteiger partial charge in [0.2, 0.25) is 11.8 Å². The predicted octanol–water partition coefficient (Wildman–Crippen LogP) is 1.45. The van der Waals surface area contributed by atoms with E-state index in [-0.39, 0.29) is 37.2 Å². The average Bonchev–Trinajstić information content (AvgIpc) is 3.00. The number of rotatable bonds is 5. The highest BCUT2D eigenvalue weighted by Crippen LogP contribution is 2.21. The van der Waals surface area contributed by atoms with Crippen LogP contribution in [0.15, 0.2) is 52.6 Å². The summed E-state index contributed by atoms with van der Waals surface area (Å²) < 4.78 is 1.98. The summed E-state index contributed by atoms with van der Waals surface area (Å²) in [6.07, 6.45) is 6.98. The molecule has 8 nitrogen and oxygen atoms in total. The number of amides is 4. The highest BCUT2D eigenvalue weighted by atomic mass is 16.2. The van der Waals surface area contributed by atoms with Crippen molar-refractivity contribution in [1.82, 2.24) is 14.8 Å². The van der Waals surface area contributed by atoms with Crippen LogP contribution in [0.25, 0.3) is 10.9 Å². The summed E-state index contributed by atoms with van der Waals surface area (Å²) in [6, 6.07) is 7.24. The number of carbonyl (C=O) groups is 3. The van der Waals surface area contributed by atoms with Crippen LogP contribution in [0.5, 0.6) is 0 Å². The minimum absolute atomic E-state index is 0.0732. The summed E-state index contributed by atoms with van der Waals surface area (Å²) in [5.41, 5.74) is 1.99. The van der Waals surface area contributed by atoms with Gasteiger partial charge in [-0.3, -0.25) is 14.5 Å². The number of urea groups is 1. The summed E-state index contributed by atoms with van der Waals surface area (Å²) in [7, 11) is 1.94. The van der Waals surface area contributed by atoms with Gasteiger partial charge in [0.05, 0.1) is 6.42 Å². The van der Waals surface area contributed by atoms with E-state index < -0.39 is 11.9 Å². The van der Waals surface area contributed by atoms with Crippen LogP contribution in [0, 0.1) is 5.92 Å². The van der Waals surface area contributed by atoms with Gasteiger partial charge in [-0.2, -0.15) is 4.99 Å². The van der Waals surface area contributed by atoms with Gasteiger partial charge in [0.1, 0.15) is 11.8 Å². The van der Waals surface area contributed by atoms with Crippen molar-refractivity contribution in [1.29, 1.82) is 0 Å². The molecule has 1 aromatic carbocycles. The van der Waals surface area contributed by atoms with Crippen LogP contribution in [-0.2, 0) is 23.1 Å². The molecule has 0 aliphatic carbocycles. The maximum Gasteiger partial charge on any atom is 0.352 e. The molecule has 142 valence electrons. The predicted molar refractivity (Wildman–Crippen MR) is 105 cm³/mol. The van der Waals surface area contributed by atoms with Gasteiger partial charge in [-0.05, 0) is 17.7 Å². The fourth-order valence-corrected chi connectivity index (χ4v) is 3.47. The van der Waals surface area contributed by atoms with Crippen LogP contribution in [-0.4, -0.2) is 52.5 Å². The van der Waals surface area contributed by atoms with Gasteiger partial charge in [-0.15, -0.1) is 0 Å². The lowest BCUT2D eigenvalue weighted by Gasteiger charge is -2.27. The molecule has 28 heavy (non-hydrogen) atoms. The molecule has 1 atom stereocenters. The van der Waals surface area contributed by atoms with Crippen molar-refractivity contribution in [2.45, 2.75) is 6.42 Å². The molecule has 0 fully saturated rings. The van der Waals surface area contributed by atoms with Crippen LogP contribution in [0.1, 0.15) is 5.56 Å². The molecule has 2 aliphatic rings. The highest BCUT2D eigenvalue weighted by molar-refractivity contribution is 6.19. The Hall–Kier alpha value is -3.55. The van der Waals surface area contributed by atoms with E-state index in [1.165, 1.54) is 6.21 Å². The molecule has 0 bridgehead atoms.